The third-order valence-corrected chi connectivity index (χ3v) is 5.28. The summed E-state index contributed by atoms with van der Waals surface area (Å²) in [5, 5.41) is 14.9. The van der Waals surface area contributed by atoms with Crippen LogP contribution >= 0.6 is 0 Å². The van der Waals surface area contributed by atoms with Crippen LogP contribution in [0, 0.1) is 19.8 Å². The summed E-state index contributed by atoms with van der Waals surface area (Å²) < 4.78 is 7.52. The van der Waals surface area contributed by atoms with Crippen molar-refractivity contribution in [2.45, 2.75) is 39.3 Å². The number of piperidine rings is 1. The molecule has 6 nitrogen and oxygen atoms in total. The lowest BCUT2D eigenvalue weighted by molar-refractivity contribution is 0.00388. The van der Waals surface area contributed by atoms with E-state index in [0.717, 1.165) is 64.7 Å². The van der Waals surface area contributed by atoms with E-state index < -0.39 is 0 Å². The molecule has 2 aliphatic rings. The van der Waals surface area contributed by atoms with E-state index in [1.807, 2.05) is 0 Å². The van der Waals surface area contributed by atoms with Gasteiger partial charge in [0, 0.05) is 38.4 Å². The SMILES string of the molecule is Cc1cc(C)n(CC2CCN(CC(O)CN3CCOCC3)CC2)n1. The van der Waals surface area contributed by atoms with Gasteiger partial charge in [0.15, 0.2) is 0 Å². The topological polar surface area (TPSA) is 53.8 Å². The van der Waals surface area contributed by atoms with Crippen molar-refractivity contribution in [3.05, 3.63) is 17.5 Å². The molecule has 1 unspecified atom stereocenters. The van der Waals surface area contributed by atoms with Crippen LogP contribution in [0.1, 0.15) is 24.2 Å². The van der Waals surface area contributed by atoms with Crippen molar-refractivity contribution in [2.75, 3.05) is 52.5 Å². The van der Waals surface area contributed by atoms with E-state index in [1.165, 1.54) is 18.5 Å². The number of aryl methyl sites for hydroxylation is 2. The lowest BCUT2D eigenvalue weighted by Gasteiger charge is -2.35. The van der Waals surface area contributed by atoms with Gasteiger partial charge in [0.2, 0.25) is 0 Å². The van der Waals surface area contributed by atoms with Crippen molar-refractivity contribution >= 4 is 0 Å². The molecule has 0 spiro atoms. The van der Waals surface area contributed by atoms with Gasteiger partial charge in [-0.15, -0.1) is 0 Å². The molecule has 3 rings (SSSR count). The first-order valence-corrected chi connectivity index (χ1v) is 9.31. The monoisotopic (exact) mass is 336 g/mol. The van der Waals surface area contributed by atoms with Crippen LogP contribution < -0.4 is 0 Å². The van der Waals surface area contributed by atoms with E-state index in [1.54, 1.807) is 0 Å². The van der Waals surface area contributed by atoms with E-state index in [2.05, 4.69) is 39.5 Å². The highest BCUT2D eigenvalue weighted by Gasteiger charge is 2.23. The maximum atomic E-state index is 10.4. The lowest BCUT2D eigenvalue weighted by Crippen LogP contribution is -2.46. The molecule has 136 valence electrons. The second-order valence-electron chi connectivity index (χ2n) is 7.42. The second kappa shape index (κ2) is 8.43. The first-order valence-electron chi connectivity index (χ1n) is 9.31. The first-order chi connectivity index (χ1) is 11.6. The van der Waals surface area contributed by atoms with Crippen LogP contribution in [-0.2, 0) is 11.3 Å². The zero-order valence-corrected chi connectivity index (χ0v) is 15.2. The van der Waals surface area contributed by atoms with Gasteiger partial charge in [0.25, 0.3) is 0 Å². The number of aliphatic hydroxyl groups is 1. The Morgan fingerprint density at radius 2 is 1.75 bits per heavy atom. The fourth-order valence-corrected chi connectivity index (χ4v) is 3.89. The quantitative estimate of drug-likeness (QED) is 0.837. The highest BCUT2D eigenvalue weighted by Crippen LogP contribution is 2.20. The summed E-state index contributed by atoms with van der Waals surface area (Å²) in [4.78, 5) is 4.73. The Hall–Kier alpha value is -0.950. The number of likely N-dealkylation sites (tertiary alicyclic amines) is 1. The zero-order valence-electron chi connectivity index (χ0n) is 15.2. The largest absolute Gasteiger partial charge is 0.390 e. The van der Waals surface area contributed by atoms with Crippen LogP contribution in [0.3, 0.4) is 0 Å². The average molecular weight is 336 g/mol. The molecule has 6 heteroatoms. The van der Waals surface area contributed by atoms with Crippen molar-refractivity contribution in [1.29, 1.82) is 0 Å². The van der Waals surface area contributed by atoms with Gasteiger partial charge in [-0.2, -0.15) is 5.10 Å². The first kappa shape index (κ1) is 17.9. The predicted octanol–water partition coefficient (Wildman–Crippen LogP) is 0.905. The number of aliphatic hydroxyl groups excluding tert-OH is 1. The van der Waals surface area contributed by atoms with Crippen molar-refractivity contribution < 1.29 is 9.84 Å². The van der Waals surface area contributed by atoms with Crippen LogP contribution in [0.2, 0.25) is 0 Å². The summed E-state index contributed by atoms with van der Waals surface area (Å²) in [7, 11) is 0. The van der Waals surface area contributed by atoms with E-state index >= 15 is 0 Å². The fourth-order valence-electron chi connectivity index (χ4n) is 3.89. The normalized spacial score (nSPS) is 22.8. The number of aromatic nitrogens is 2. The fraction of sp³-hybridized carbons (Fsp3) is 0.833. The Morgan fingerprint density at radius 3 is 2.33 bits per heavy atom. The Morgan fingerprint density at radius 1 is 1.12 bits per heavy atom. The number of hydrogen-bond donors (Lipinski definition) is 1. The number of ether oxygens (including phenoxy) is 1. The Labute approximate surface area is 145 Å². The lowest BCUT2D eigenvalue weighted by atomic mass is 9.96. The summed E-state index contributed by atoms with van der Waals surface area (Å²) in [5.41, 5.74) is 2.37. The molecule has 1 aromatic heterocycles. The molecule has 0 aromatic carbocycles. The molecular weight excluding hydrogens is 304 g/mol. The highest BCUT2D eigenvalue weighted by atomic mass is 16.5. The maximum absolute atomic E-state index is 10.4. The molecular formula is C18H32N4O2. The van der Waals surface area contributed by atoms with E-state index in [9.17, 15) is 5.11 Å². The summed E-state index contributed by atoms with van der Waals surface area (Å²) in [6, 6.07) is 2.15. The summed E-state index contributed by atoms with van der Waals surface area (Å²) >= 11 is 0. The molecule has 3 heterocycles. The minimum Gasteiger partial charge on any atom is -0.390 e. The van der Waals surface area contributed by atoms with E-state index in [-0.39, 0.29) is 6.10 Å². The van der Waals surface area contributed by atoms with Crippen molar-refractivity contribution in [3.63, 3.8) is 0 Å². The molecule has 0 amide bonds. The standard InChI is InChI=1S/C18H32N4O2/c1-15-11-16(2)22(19-15)12-17-3-5-20(6-4-17)13-18(23)14-21-7-9-24-10-8-21/h11,17-18,23H,3-10,12-14H2,1-2H3. The minimum absolute atomic E-state index is 0.254. The van der Waals surface area contributed by atoms with Gasteiger partial charge in [-0.05, 0) is 51.8 Å². The highest BCUT2D eigenvalue weighted by molar-refractivity contribution is 5.06. The smallest absolute Gasteiger partial charge is 0.0793 e. The Bertz CT molecular complexity index is 505. The van der Waals surface area contributed by atoms with Crippen LogP contribution in [-0.4, -0.2) is 83.3 Å². The summed E-state index contributed by atoms with van der Waals surface area (Å²) in [6.45, 7) is 12.5. The summed E-state index contributed by atoms with van der Waals surface area (Å²) in [6.07, 6.45) is 2.14. The van der Waals surface area contributed by atoms with Gasteiger partial charge >= 0.3 is 0 Å². The number of nitrogens with zero attached hydrogens (tertiary/aromatic N) is 4. The third-order valence-electron chi connectivity index (χ3n) is 5.28. The van der Waals surface area contributed by atoms with Gasteiger partial charge in [0.1, 0.15) is 0 Å². The molecule has 2 aliphatic heterocycles. The third kappa shape index (κ3) is 5.02. The molecule has 0 aliphatic carbocycles. The van der Waals surface area contributed by atoms with Gasteiger partial charge in [-0.1, -0.05) is 0 Å². The van der Waals surface area contributed by atoms with Crippen molar-refractivity contribution in [2.24, 2.45) is 5.92 Å². The molecule has 2 saturated heterocycles. The maximum Gasteiger partial charge on any atom is 0.0793 e. The van der Waals surface area contributed by atoms with Gasteiger partial charge in [-0.25, -0.2) is 0 Å². The van der Waals surface area contributed by atoms with Crippen LogP contribution in [0.15, 0.2) is 6.07 Å². The number of β-amino-alcohol motifs (C(OH)–C–C–N with tert-alkyl or cyclic N) is 1. The molecule has 2 fully saturated rings. The molecule has 1 aromatic rings. The zero-order chi connectivity index (χ0) is 16.9. The van der Waals surface area contributed by atoms with Crippen LogP contribution in [0.25, 0.3) is 0 Å². The molecule has 0 bridgehead atoms. The summed E-state index contributed by atoms with van der Waals surface area (Å²) in [5.74, 6) is 0.704. The number of morpholine rings is 1. The predicted molar refractivity (Wildman–Crippen MR) is 94.1 cm³/mol. The Kier molecular flexibility index (Phi) is 6.27. The molecule has 24 heavy (non-hydrogen) atoms. The van der Waals surface area contributed by atoms with Gasteiger partial charge in [0.05, 0.1) is 25.0 Å². The second-order valence-corrected chi connectivity index (χ2v) is 7.42. The molecule has 1 atom stereocenters. The minimum atomic E-state index is -0.254. The van der Waals surface area contributed by atoms with Gasteiger partial charge < -0.3 is 14.7 Å². The molecule has 0 radical (unpaired) electrons. The number of hydrogen-bond acceptors (Lipinski definition) is 5. The average Bonchev–Trinajstić information content (AvgIpc) is 2.87. The molecule has 0 saturated carbocycles. The number of rotatable bonds is 6. The van der Waals surface area contributed by atoms with E-state index in [4.69, 9.17) is 4.74 Å². The van der Waals surface area contributed by atoms with Crippen LogP contribution in [0.4, 0.5) is 0 Å². The van der Waals surface area contributed by atoms with Crippen molar-refractivity contribution in [3.8, 4) is 0 Å². The Balaban J connectivity index is 1.37. The van der Waals surface area contributed by atoms with Gasteiger partial charge in [-0.3, -0.25) is 9.58 Å². The molecule has 1 N–H and O–H groups in total. The van der Waals surface area contributed by atoms with Crippen molar-refractivity contribution in [1.82, 2.24) is 19.6 Å². The van der Waals surface area contributed by atoms with E-state index in [0.29, 0.717) is 5.92 Å². The van der Waals surface area contributed by atoms with Crippen LogP contribution in [0.5, 0.6) is 0 Å².